The van der Waals surface area contributed by atoms with Crippen molar-refractivity contribution in [2.75, 3.05) is 24.1 Å². The number of nitrogens with zero attached hydrogens (tertiary/aromatic N) is 1. The third-order valence-corrected chi connectivity index (χ3v) is 3.82. The van der Waals surface area contributed by atoms with E-state index in [2.05, 4.69) is 5.32 Å². The van der Waals surface area contributed by atoms with E-state index in [0.29, 0.717) is 17.2 Å². The number of rotatable bonds is 4. The highest BCUT2D eigenvalue weighted by Crippen LogP contribution is 2.32. The number of nitrogens with one attached hydrogen (secondary N) is 1. The summed E-state index contributed by atoms with van der Waals surface area (Å²) in [6.07, 6.45) is 3.16. The molecule has 2 amide bonds. The van der Waals surface area contributed by atoms with Crippen molar-refractivity contribution in [3.63, 3.8) is 0 Å². The summed E-state index contributed by atoms with van der Waals surface area (Å²) in [5, 5.41) is 2.77. The summed E-state index contributed by atoms with van der Waals surface area (Å²) < 4.78 is 10.6. The number of ether oxygens (including phenoxy) is 2. The second-order valence-corrected chi connectivity index (χ2v) is 5.56. The fraction of sp³-hybridized carbons (Fsp3) is 0.158. The maximum atomic E-state index is 12.0. The highest BCUT2D eigenvalue weighted by Gasteiger charge is 2.12. The van der Waals surface area contributed by atoms with Gasteiger partial charge in [-0.3, -0.25) is 9.59 Å². The Morgan fingerprint density at radius 3 is 2.52 bits per heavy atom. The zero-order chi connectivity index (χ0) is 17.8. The molecule has 0 spiro atoms. The van der Waals surface area contributed by atoms with Gasteiger partial charge in [-0.05, 0) is 48.0 Å². The van der Waals surface area contributed by atoms with Crippen molar-refractivity contribution < 1.29 is 19.1 Å². The Balaban J connectivity index is 1.61. The first kappa shape index (κ1) is 16.6. The molecule has 0 unspecified atom stereocenters. The van der Waals surface area contributed by atoms with Gasteiger partial charge >= 0.3 is 0 Å². The smallest absolute Gasteiger partial charge is 0.248 e. The average molecular weight is 338 g/mol. The molecular weight excluding hydrogens is 320 g/mol. The van der Waals surface area contributed by atoms with Crippen LogP contribution in [0.15, 0.2) is 48.5 Å². The molecule has 1 N–H and O–H groups in total. The molecule has 0 aliphatic carbocycles. The Bertz CT molecular complexity index is 828. The predicted octanol–water partition coefficient (Wildman–Crippen LogP) is 3.05. The summed E-state index contributed by atoms with van der Waals surface area (Å²) in [5.41, 5.74) is 2.26. The number of fused-ring (bicyclic) bond motifs is 1. The van der Waals surface area contributed by atoms with Gasteiger partial charge in [0.15, 0.2) is 11.5 Å². The number of anilines is 2. The minimum atomic E-state index is -0.245. The van der Waals surface area contributed by atoms with Crippen LogP contribution in [0.5, 0.6) is 11.5 Å². The van der Waals surface area contributed by atoms with Crippen LogP contribution in [0.4, 0.5) is 11.4 Å². The first-order valence-corrected chi connectivity index (χ1v) is 7.76. The molecule has 6 heteroatoms. The van der Waals surface area contributed by atoms with Crippen molar-refractivity contribution in [3.8, 4) is 11.5 Å². The molecule has 6 nitrogen and oxygen atoms in total. The topological polar surface area (TPSA) is 67.9 Å². The van der Waals surface area contributed by atoms with Gasteiger partial charge in [0.25, 0.3) is 0 Å². The largest absolute Gasteiger partial charge is 0.454 e. The van der Waals surface area contributed by atoms with Crippen molar-refractivity contribution in [1.82, 2.24) is 0 Å². The third-order valence-electron chi connectivity index (χ3n) is 3.82. The second-order valence-electron chi connectivity index (χ2n) is 5.56. The van der Waals surface area contributed by atoms with Gasteiger partial charge in [-0.25, -0.2) is 0 Å². The maximum absolute atomic E-state index is 12.0. The maximum Gasteiger partial charge on any atom is 0.248 e. The van der Waals surface area contributed by atoms with E-state index in [9.17, 15) is 9.59 Å². The zero-order valence-corrected chi connectivity index (χ0v) is 14.0. The van der Waals surface area contributed by atoms with E-state index in [4.69, 9.17) is 9.47 Å². The molecule has 0 aromatic heterocycles. The van der Waals surface area contributed by atoms with Crippen LogP contribution in [0.2, 0.25) is 0 Å². The minimum Gasteiger partial charge on any atom is -0.454 e. The Kier molecular flexibility index (Phi) is 4.70. The highest BCUT2D eigenvalue weighted by atomic mass is 16.7. The lowest BCUT2D eigenvalue weighted by molar-refractivity contribution is -0.116. The number of carbonyl (C=O) groups is 2. The SMILES string of the molecule is CC(=O)N(C)c1ccc(NC(=O)/C=C/c2ccc3c(c2)OCO3)cc1. The second kappa shape index (κ2) is 7.09. The van der Waals surface area contributed by atoms with Gasteiger partial charge < -0.3 is 19.7 Å². The average Bonchev–Trinajstić information content (AvgIpc) is 3.07. The van der Waals surface area contributed by atoms with E-state index in [1.165, 1.54) is 17.9 Å². The molecule has 0 radical (unpaired) electrons. The zero-order valence-electron chi connectivity index (χ0n) is 14.0. The molecule has 0 fully saturated rings. The van der Waals surface area contributed by atoms with Crippen molar-refractivity contribution in [1.29, 1.82) is 0 Å². The molecule has 128 valence electrons. The molecule has 25 heavy (non-hydrogen) atoms. The lowest BCUT2D eigenvalue weighted by Gasteiger charge is -2.15. The fourth-order valence-corrected chi connectivity index (χ4v) is 2.32. The molecule has 2 aromatic rings. The molecule has 2 aromatic carbocycles. The first-order chi connectivity index (χ1) is 12.0. The Labute approximate surface area is 145 Å². The van der Waals surface area contributed by atoms with Crippen LogP contribution in [0.25, 0.3) is 6.08 Å². The van der Waals surface area contributed by atoms with Gasteiger partial charge in [-0.1, -0.05) is 6.07 Å². The molecule has 0 saturated carbocycles. The summed E-state index contributed by atoms with van der Waals surface area (Å²) >= 11 is 0. The van der Waals surface area contributed by atoms with E-state index >= 15 is 0 Å². The minimum absolute atomic E-state index is 0.0524. The van der Waals surface area contributed by atoms with Crippen LogP contribution in [-0.4, -0.2) is 25.7 Å². The Hall–Kier alpha value is -3.28. The third kappa shape index (κ3) is 3.98. The van der Waals surface area contributed by atoms with E-state index in [0.717, 1.165) is 11.3 Å². The summed E-state index contributed by atoms with van der Waals surface area (Å²) in [5.74, 6) is 1.08. The lowest BCUT2D eigenvalue weighted by atomic mass is 10.2. The number of amides is 2. The Morgan fingerprint density at radius 1 is 1.08 bits per heavy atom. The first-order valence-electron chi connectivity index (χ1n) is 7.76. The van der Waals surface area contributed by atoms with Crippen LogP contribution in [0.1, 0.15) is 12.5 Å². The summed E-state index contributed by atoms with van der Waals surface area (Å²) in [7, 11) is 1.70. The molecule has 1 heterocycles. The van der Waals surface area contributed by atoms with Gasteiger partial charge in [0, 0.05) is 31.4 Å². The van der Waals surface area contributed by atoms with Crippen LogP contribution in [0, 0.1) is 0 Å². The van der Waals surface area contributed by atoms with Crippen molar-refractivity contribution in [3.05, 3.63) is 54.1 Å². The number of hydrogen-bond acceptors (Lipinski definition) is 4. The summed E-state index contributed by atoms with van der Waals surface area (Å²) in [4.78, 5) is 24.9. The molecule has 0 bridgehead atoms. The fourth-order valence-electron chi connectivity index (χ4n) is 2.32. The highest BCUT2D eigenvalue weighted by molar-refractivity contribution is 6.02. The van der Waals surface area contributed by atoms with Crippen molar-refractivity contribution in [2.45, 2.75) is 6.92 Å². The monoisotopic (exact) mass is 338 g/mol. The standard InChI is InChI=1S/C19H18N2O4/c1-13(22)21(2)16-7-5-15(6-8-16)20-19(23)10-4-14-3-9-17-18(11-14)25-12-24-17/h3-11H,12H2,1-2H3,(H,20,23)/b10-4+. The molecule has 0 saturated heterocycles. The number of benzene rings is 2. The summed E-state index contributed by atoms with van der Waals surface area (Å²) in [6, 6.07) is 12.5. The van der Waals surface area contributed by atoms with Gasteiger partial charge in [0.1, 0.15) is 0 Å². The van der Waals surface area contributed by atoms with Gasteiger partial charge in [-0.2, -0.15) is 0 Å². The molecule has 0 atom stereocenters. The molecular formula is C19H18N2O4. The van der Waals surface area contributed by atoms with E-state index in [1.54, 1.807) is 37.4 Å². The normalized spacial score (nSPS) is 12.2. The van der Waals surface area contributed by atoms with Gasteiger partial charge in [0.2, 0.25) is 18.6 Å². The van der Waals surface area contributed by atoms with E-state index < -0.39 is 0 Å². The van der Waals surface area contributed by atoms with Crippen LogP contribution in [-0.2, 0) is 9.59 Å². The number of hydrogen-bond donors (Lipinski definition) is 1. The van der Waals surface area contributed by atoms with Crippen molar-refractivity contribution in [2.24, 2.45) is 0 Å². The lowest BCUT2D eigenvalue weighted by Crippen LogP contribution is -2.22. The molecule has 3 rings (SSSR count). The van der Waals surface area contributed by atoms with Crippen LogP contribution in [0.3, 0.4) is 0 Å². The summed E-state index contributed by atoms with van der Waals surface area (Å²) in [6.45, 7) is 1.72. The van der Waals surface area contributed by atoms with Crippen LogP contribution < -0.4 is 19.7 Å². The van der Waals surface area contributed by atoms with E-state index in [-0.39, 0.29) is 18.6 Å². The van der Waals surface area contributed by atoms with Gasteiger partial charge in [-0.15, -0.1) is 0 Å². The molecule has 1 aliphatic rings. The van der Waals surface area contributed by atoms with Crippen molar-refractivity contribution >= 4 is 29.3 Å². The van der Waals surface area contributed by atoms with Gasteiger partial charge in [0.05, 0.1) is 0 Å². The van der Waals surface area contributed by atoms with Crippen LogP contribution >= 0.6 is 0 Å². The number of carbonyl (C=O) groups excluding carboxylic acids is 2. The molecule has 1 aliphatic heterocycles. The predicted molar refractivity (Wildman–Crippen MR) is 95.8 cm³/mol. The van der Waals surface area contributed by atoms with E-state index in [1.807, 2.05) is 18.2 Å². The quantitative estimate of drug-likeness (QED) is 0.870. The Morgan fingerprint density at radius 2 is 1.80 bits per heavy atom.